The molecule has 0 N–H and O–H groups in total. The zero-order valence-corrected chi connectivity index (χ0v) is 29.2. The van der Waals surface area contributed by atoms with E-state index < -0.39 is 0 Å². The summed E-state index contributed by atoms with van der Waals surface area (Å²) >= 11 is 0. The average Bonchev–Trinajstić information content (AvgIpc) is 3.24. The fourth-order valence-corrected chi connectivity index (χ4v) is 8.06. The average molecular weight is 674 g/mol. The maximum atomic E-state index is 2.40. The number of fused-ring (bicyclic) bond motifs is 5. The molecule has 1 nitrogen and oxygen atoms in total. The first-order valence-corrected chi connectivity index (χ1v) is 18.3. The van der Waals surface area contributed by atoms with Crippen LogP contribution in [0.5, 0.6) is 0 Å². The van der Waals surface area contributed by atoms with Crippen LogP contribution in [0.4, 0.5) is 17.1 Å². The van der Waals surface area contributed by atoms with Crippen molar-refractivity contribution in [2.75, 3.05) is 4.90 Å². The van der Waals surface area contributed by atoms with Crippen molar-refractivity contribution in [1.29, 1.82) is 0 Å². The minimum atomic E-state index is 1.11. The number of benzene rings is 10. The van der Waals surface area contributed by atoms with Crippen molar-refractivity contribution >= 4 is 60.2 Å². The molecule has 0 amide bonds. The van der Waals surface area contributed by atoms with Crippen LogP contribution in [0.1, 0.15) is 0 Å². The summed E-state index contributed by atoms with van der Waals surface area (Å²) in [7, 11) is 0. The topological polar surface area (TPSA) is 3.24 Å². The van der Waals surface area contributed by atoms with Crippen LogP contribution in [0, 0.1) is 0 Å². The van der Waals surface area contributed by atoms with Crippen molar-refractivity contribution in [3.63, 3.8) is 0 Å². The number of rotatable bonds is 6. The van der Waals surface area contributed by atoms with E-state index in [9.17, 15) is 0 Å². The molecule has 0 unspecified atom stereocenters. The maximum Gasteiger partial charge on any atom is 0.0468 e. The monoisotopic (exact) mass is 673 g/mol. The van der Waals surface area contributed by atoms with Crippen LogP contribution in [0.15, 0.2) is 212 Å². The van der Waals surface area contributed by atoms with Gasteiger partial charge in [-0.15, -0.1) is 0 Å². The van der Waals surface area contributed by atoms with E-state index >= 15 is 0 Å². The maximum absolute atomic E-state index is 2.40. The molecule has 0 aromatic heterocycles. The third-order valence-corrected chi connectivity index (χ3v) is 10.6. The standard InChI is InChI=1S/C52H35N/c1-3-15-39(16-4-1)51-49-22-12-11-21-47(49)48-32-27-43(35-50(48)52(51)40-17-5-2-6-18-40)38-23-28-44(29-24-38)53(45-30-25-36-13-7-9-19-41(36)33-45)46-31-26-37-14-8-10-20-42(37)34-46/h1-35H. The van der Waals surface area contributed by atoms with Crippen molar-refractivity contribution in [3.8, 4) is 33.4 Å². The molecule has 0 bridgehead atoms. The van der Waals surface area contributed by atoms with Crippen LogP contribution in [-0.2, 0) is 0 Å². The first-order valence-electron chi connectivity index (χ1n) is 18.3. The third-order valence-electron chi connectivity index (χ3n) is 10.6. The van der Waals surface area contributed by atoms with Gasteiger partial charge in [-0.25, -0.2) is 0 Å². The second kappa shape index (κ2) is 13.0. The van der Waals surface area contributed by atoms with E-state index in [0.29, 0.717) is 0 Å². The molecule has 0 saturated carbocycles. The van der Waals surface area contributed by atoms with Gasteiger partial charge in [0.25, 0.3) is 0 Å². The van der Waals surface area contributed by atoms with Crippen molar-refractivity contribution in [3.05, 3.63) is 212 Å². The van der Waals surface area contributed by atoms with Gasteiger partial charge in [-0.2, -0.15) is 0 Å². The highest BCUT2D eigenvalue weighted by Crippen LogP contribution is 2.46. The normalized spacial score (nSPS) is 11.4. The number of hydrogen-bond acceptors (Lipinski definition) is 1. The molecule has 0 radical (unpaired) electrons. The largest absolute Gasteiger partial charge is 0.310 e. The zero-order chi connectivity index (χ0) is 35.1. The number of hydrogen-bond donors (Lipinski definition) is 0. The van der Waals surface area contributed by atoms with E-state index in [1.54, 1.807) is 0 Å². The molecule has 0 spiro atoms. The highest BCUT2D eigenvalue weighted by atomic mass is 15.1. The fourth-order valence-electron chi connectivity index (χ4n) is 8.06. The molecule has 0 heterocycles. The lowest BCUT2D eigenvalue weighted by Crippen LogP contribution is -2.09. The number of anilines is 3. The summed E-state index contributed by atoms with van der Waals surface area (Å²) in [5, 5.41) is 9.97. The second-order valence-electron chi connectivity index (χ2n) is 13.7. The van der Waals surface area contributed by atoms with Crippen LogP contribution < -0.4 is 4.90 Å². The first kappa shape index (κ1) is 30.8. The van der Waals surface area contributed by atoms with Crippen molar-refractivity contribution in [1.82, 2.24) is 0 Å². The lowest BCUT2D eigenvalue weighted by Gasteiger charge is -2.26. The Morgan fingerprint density at radius 3 is 1.25 bits per heavy atom. The smallest absolute Gasteiger partial charge is 0.0468 e. The van der Waals surface area contributed by atoms with Gasteiger partial charge in [0, 0.05) is 17.1 Å². The Bertz CT molecular complexity index is 2850. The van der Waals surface area contributed by atoms with Gasteiger partial charge in [-0.1, -0.05) is 170 Å². The lowest BCUT2D eigenvalue weighted by molar-refractivity contribution is 1.29. The Hall–Kier alpha value is -6.96. The summed E-state index contributed by atoms with van der Waals surface area (Å²) in [6.45, 7) is 0. The second-order valence-corrected chi connectivity index (χ2v) is 13.7. The van der Waals surface area contributed by atoms with Crippen molar-refractivity contribution in [2.24, 2.45) is 0 Å². The van der Waals surface area contributed by atoms with E-state index in [2.05, 4.69) is 217 Å². The van der Waals surface area contributed by atoms with E-state index in [0.717, 1.165) is 17.1 Å². The summed E-state index contributed by atoms with van der Waals surface area (Å²) in [4.78, 5) is 2.37. The predicted molar refractivity (Wildman–Crippen MR) is 227 cm³/mol. The highest BCUT2D eigenvalue weighted by molar-refractivity contribution is 6.22. The molecule has 0 fully saturated rings. The van der Waals surface area contributed by atoms with Gasteiger partial charge in [0.1, 0.15) is 0 Å². The van der Waals surface area contributed by atoms with Crippen LogP contribution in [0.2, 0.25) is 0 Å². The van der Waals surface area contributed by atoms with E-state index in [4.69, 9.17) is 0 Å². The molecule has 10 rings (SSSR count). The Morgan fingerprint density at radius 1 is 0.226 bits per heavy atom. The van der Waals surface area contributed by atoms with Gasteiger partial charge in [-0.05, 0) is 119 Å². The molecule has 0 aliphatic heterocycles. The SMILES string of the molecule is c1ccc(-c2c(-c3ccccc3)c3cc(-c4ccc(N(c5ccc6ccccc6c5)c5ccc6ccccc6c5)cc4)ccc3c3ccccc23)cc1. The summed E-state index contributed by atoms with van der Waals surface area (Å²) in [5.41, 5.74) is 10.7. The molecule has 248 valence electrons. The summed E-state index contributed by atoms with van der Waals surface area (Å²) in [5.74, 6) is 0. The molecule has 1 heteroatoms. The van der Waals surface area contributed by atoms with Crippen molar-refractivity contribution in [2.45, 2.75) is 0 Å². The van der Waals surface area contributed by atoms with Crippen molar-refractivity contribution < 1.29 is 0 Å². The molecule has 10 aromatic rings. The molecule has 53 heavy (non-hydrogen) atoms. The quantitative estimate of drug-likeness (QED) is 0.159. The van der Waals surface area contributed by atoms with Gasteiger partial charge in [0.05, 0.1) is 0 Å². The minimum absolute atomic E-state index is 1.11. The Labute approximate surface area is 309 Å². The van der Waals surface area contributed by atoms with Gasteiger partial charge >= 0.3 is 0 Å². The van der Waals surface area contributed by atoms with Gasteiger partial charge in [0.15, 0.2) is 0 Å². The fraction of sp³-hybridized carbons (Fsp3) is 0. The summed E-state index contributed by atoms with van der Waals surface area (Å²) < 4.78 is 0. The minimum Gasteiger partial charge on any atom is -0.310 e. The molecular weight excluding hydrogens is 639 g/mol. The van der Waals surface area contributed by atoms with Crippen LogP contribution >= 0.6 is 0 Å². The molecule has 0 saturated heterocycles. The van der Waals surface area contributed by atoms with Gasteiger partial charge in [0.2, 0.25) is 0 Å². The summed E-state index contributed by atoms with van der Waals surface area (Å²) in [6, 6.07) is 77.3. The highest BCUT2D eigenvalue weighted by Gasteiger charge is 2.19. The van der Waals surface area contributed by atoms with E-state index in [-0.39, 0.29) is 0 Å². The Morgan fingerprint density at radius 2 is 0.660 bits per heavy atom. The third kappa shape index (κ3) is 5.51. The molecule has 0 aliphatic rings. The van der Waals surface area contributed by atoms with Gasteiger partial charge in [-0.3, -0.25) is 0 Å². The van der Waals surface area contributed by atoms with E-state index in [1.165, 1.54) is 76.5 Å². The lowest BCUT2D eigenvalue weighted by atomic mass is 9.84. The Balaban J connectivity index is 1.14. The Kier molecular flexibility index (Phi) is 7.55. The number of nitrogens with zero attached hydrogens (tertiary/aromatic N) is 1. The molecule has 10 aromatic carbocycles. The summed E-state index contributed by atoms with van der Waals surface area (Å²) in [6.07, 6.45) is 0. The molecule has 0 aliphatic carbocycles. The molecular formula is C52H35N. The van der Waals surface area contributed by atoms with Crippen LogP contribution in [0.3, 0.4) is 0 Å². The van der Waals surface area contributed by atoms with Crippen LogP contribution in [-0.4, -0.2) is 0 Å². The predicted octanol–water partition coefficient (Wildman–Crippen LogP) is 14.8. The van der Waals surface area contributed by atoms with E-state index in [1.807, 2.05) is 0 Å². The van der Waals surface area contributed by atoms with Crippen LogP contribution in [0.25, 0.3) is 76.5 Å². The van der Waals surface area contributed by atoms with Gasteiger partial charge < -0.3 is 4.90 Å². The zero-order valence-electron chi connectivity index (χ0n) is 29.2. The molecule has 0 atom stereocenters. The first-order chi connectivity index (χ1) is 26.3.